The van der Waals surface area contributed by atoms with Crippen molar-refractivity contribution in [2.45, 2.75) is 12.5 Å². The number of pyridine rings is 1. The molecule has 1 unspecified atom stereocenters. The van der Waals surface area contributed by atoms with Crippen LogP contribution in [0, 0.1) is 5.41 Å². The Morgan fingerprint density at radius 3 is 3.06 bits per heavy atom. The molecule has 0 bridgehead atoms. The van der Waals surface area contributed by atoms with Gasteiger partial charge in [-0.25, -0.2) is 4.98 Å². The van der Waals surface area contributed by atoms with Crippen LogP contribution in [-0.4, -0.2) is 37.1 Å². The molecule has 2 rings (SSSR count). The number of hydrogen-bond acceptors (Lipinski definition) is 4. The zero-order chi connectivity index (χ0) is 12.4. The minimum Gasteiger partial charge on any atom is -0.384 e. The zero-order valence-corrected chi connectivity index (χ0v) is 10.4. The number of nitrogens with zero attached hydrogens (tertiary/aromatic N) is 2. The van der Waals surface area contributed by atoms with Crippen molar-refractivity contribution in [3.63, 3.8) is 0 Å². The molecular weight excluding hydrogens is 240 g/mol. The van der Waals surface area contributed by atoms with Crippen LogP contribution in [0.4, 0.5) is 5.82 Å². The van der Waals surface area contributed by atoms with Gasteiger partial charge in [0.1, 0.15) is 11.7 Å². The second-order valence-electron chi connectivity index (χ2n) is 4.00. The van der Waals surface area contributed by atoms with Gasteiger partial charge in [-0.05, 0) is 12.5 Å². The van der Waals surface area contributed by atoms with Crippen molar-refractivity contribution in [3.05, 3.63) is 22.8 Å². The van der Waals surface area contributed by atoms with Crippen molar-refractivity contribution in [1.29, 1.82) is 5.41 Å². The highest BCUT2D eigenvalue weighted by Gasteiger charge is 2.25. The number of ether oxygens (including phenoxy) is 1. The molecule has 0 aromatic carbocycles. The molecule has 1 fully saturated rings. The molecule has 1 aliphatic rings. The van der Waals surface area contributed by atoms with Crippen LogP contribution in [0.3, 0.4) is 0 Å². The maximum atomic E-state index is 7.44. The lowest BCUT2D eigenvalue weighted by Gasteiger charge is -2.19. The fourth-order valence-corrected chi connectivity index (χ4v) is 2.31. The molecule has 1 aromatic heterocycles. The Labute approximate surface area is 105 Å². The number of aromatic nitrogens is 1. The van der Waals surface area contributed by atoms with Gasteiger partial charge in [0.25, 0.3) is 0 Å². The lowest BCUT2D eigenvalue weighted by molar-refractivity contribution is 0.121. The predicted octanol–water partition coefficient (Wildman–Crippen LogP) is 1.24. The van der Waals surface area contributed by atoms with Crippen LogP contribution >= 0.6 is 11.6 Å². The third kappa shape index (κ3) is 2.35. The van der Waals surface area contributed by atoms with E-state index in [0.717, 1.165) is 19.5 Å². The van der Waals surface area contributed by atoms with Gasteiger partial charge in [-0.1, -0.05) is 11.6 Å². The summed E-state index contributed by atoms with van der Waals surface area (Å²) in [5.41, 5.74) is 5.99. The number of hydrogen-bond donors (Lipinski definition) is 2. The number of halogens is 1. The van der Waals surface area contributed by atoms with E-state index in [1.165, 1.54) is 0 Å². The van der Waals surface area contributed by atoms with Crippen LogP contribution in [0.15, 0.2) is 12.3 Å². The number of nitrogen functional groups attached to an aromatic ring is 1. The van der Waals surface area contributed by atoms with Gasteiger partial charge in [0.05, 0.1) is 11.1 Å². The summed E-state index contributed by atoms with van der Waals surface area (Å²) in [5, 5.41) is 7.88. The summed E-state index contributed by atoms with van der Waals surface area (Å²) in [4.78, 5) is 6.32. The van der Waals surface area contributed by atoms with Crippen LogP contribution < -0.4 is 10.6 Å². The van der Waals surface area contributed by atoms with E-state index in [2.05, 4.69) is 9.88 Å². The molecule has 6 heteroatoms. The van der Waals surface area contributed by atoms with Gasteiger partial charge < -0.3 is 15.4 Å². The van der Waals surface area contributed by atoms with Gasteiger partial charge in [0.2, 0.25) is 0 Å². The molecule has 1 aromatic rings. The van der Waals surface area contributed by atoms with E-state index in [4.69, 9.17) is 27.5 Å². The van der Waals surface area contributed by atoms with E-state index in [9.17, 15) is 0 Å². The van der Waals surface area contributed by atoms with Crippen LogP contribution in [0.5, 0.6) is 0 Å². The van der Waals surface area contributed by atoms with Crippen molar-refractivity contribution in [2.75, 3.05) is 25.1 Å². The van der Waals surface area contributed by atoms with E-state index in [1.807, 2.05) is 0 Å². The van der Waals surface area contributed by atoms with Crippen molar-refractivity contribution >= 4 is 23.3 Å². The predicted molar refractivity (Wildman–Crippen MR) is 67.9 cm³/mol. The van der Waals surface area contributed by atoms with Crippen molar-refractivity contribution in [3.8, 4) is 0 Å². The number of rotatable bonds is 3. The zero-order valence-electron chi connectivity index (χ0n) is 9.61. The second-order valence-corrected chi connectivity index (χ2v) is 4.38. The van der Waals surface area contributed by atoms with Crippen LogP contribution in [-0.2, 0) is 4.74 Å². The maximum absolute atomic E-state index is 7.44. The molecule has 1 aliphatic heterocycles. The Morgan fingerprint density at radius 2 is 2.47 bits per heavy atom. The van der Waals surface area contributed by atoms with Crippen LogP contribution in [0.25, 0.3) is 0 Å². The first-order valence-corrected chi connectivity index (χ1v) is 5.78. The van der Waals surface area contributed by atoms with E-state index in [-0.39, 0.29) is 11.9 Å². The third-order valence-corrected chi connectivity index (χ3v) is 3.31. The SMILES string of the molecule is COC1CCN(c2nccc(C(=N)N)c2Cl)C1. The molecule has 0 radical (unpaired) electrons. The molecular formula is C11H15ClN4O. The Hall–Kier alpha value is -1.33. The molecule has 2 heterocycles. The van der Waals surface area contributed by atoms with Gasteiger partial charge in [-0.15, -0.1) is 0 Å². The monoisotopic (exact) mass is 254 g/mol. The van der Waals surface area contributed by atoms with Crippen LogP contribution in [0.2, 0.25) is 5.02 Å². The van der Waals surface area contributed by atoms with Gasteiger partial charge in [0.15, 0.2) is 0 Å². The molecule has 17 heavy (non-hydrogen) atoms. The van der Waals surface area contributed by atoms with Crippen molar-refractivity contribution in [1.82, 2.24) is 4.98 Å². The highest BCUT2D eigenvalue weighted by atomic mass is 35.5. The Morgan fingerprint density at radius 1 is 1.71 bits per heavy atom. The lowest BCUT2D eigenvalue weighted by Crippen LogP contribution is -2.24. The summed E-state index contributed by atoms with van der Waals surface area (Å²) in [6.45, 7) is 1.62. The third-order valence-electron chi connectivity index (χ3n) is 2.94. The lowest BCUT2D eigenvalue weighted by atomic mass is 10.2. The highest BCUT2D eigenvalue weighted by molar-refractivity contribution is 6.36. The number of amidine groups is 1. The summed E-state index contributed by atoms with van der Waals surface area (Å²) >= 11 is 6.21. The molecule has 0 amide bonds. The molecule has 0 saturated carbocycles. The Balaban J connectivity index is 2.28. The fraction of sp³-hybridized carbons (Fsp3) is 0.455. The van der Waals surface area contributed by atoms with E-state index >= 15 is 0 Å². The maximum Gasteiger partial charge on any atom is 0.148 e. The van der Waals surface area contributed by atoms with Gasteiger partial charge in [-0.3, -0.25) is 5.41 Å². The average Bonchev–Trinajstić information content (AvgIpc) is 2.77. The number of nitrogens with two attached hydrogens (primary N) is 1. The summed E-state index contributed by atoms with van der Waals surface area (Å²) in [5.74, 6) is 0.639. The first-order chi connectivity index (χ1) is 8.13. The topological polar surface area (TPSA) is 75.2 Å². The standard InChI is InChI=1S/C11H15ClN4O/c1-17-7-3-5-16(6-7)11-9(12)8(10(13)14)2-4-15-11/h2,4,7H,3,5-6H2,1H3,(H3,13,14). The number of methoxy groups -OCH3 is 1. The number of anilines is 1. The largest absolute Gasteiger partial charge is 0.384 e. The molecule has 92 valence electrons. The normalized spacial score (nSPS) is 19.6. The molecule has 3 N–H and O–H groups in total. The first kappa shape index (κ1) is 12.1. The minimum atomic E-state index is -0.0406. The Kier molecular flexibility index (Phi) is 3.49. The summed E-state index contributed by atoms with van der Waals surface area (Å²) in [7, 11) is 1.70. The van der Waals surface area contributed by atoms with E-state index < -0.39 is 0 Å². The molecule has 5 nitrogen and oxygen atoms in total. The first-order valence-electron chi connectivity index (χ1n) is 5.40. The molecule has 0 aliphatic carbocycles. The highest BCUT2D eigenvalue weighted by Crippen LogP contribution is 2.29. The van der Waals surface area contributed by atoms with E-state index in [1.54, 1.807) is 19.4 Å². The van der Waals surface area contributed by atoms with Crippen LogP contribution in [0.1, 0.15) is 12.0 Å². The van der Waals surface area contributed by atoms with E-state index in [0.29, 0.717) is 16.4 Å². The van der Waals surface area contributed by atoms with Crippen molar-refractivity contribution in [2.24, 2.45) is 5.73 Å². The fourth-order valence-electron chi connectivity index (χ4n) is 1.97. The molecule has 1 atom stereocenters. The summed E-state index contributed by atoms with van der Waals surface area (Å²) in [6, 6.07) is 1.65. The quantitative estimate of drug-likeness (QED) is 0.629. The van der Waals surface area contributed by atoms with Gasteiger partial charge in [-0.2, -0.15) is 0 Å². The van der Waals surface area contributed by atoms with Gasteiger partial charge in [0, 0.05) is 32.0 Å². The molecule has 1 saturated heterocycles. The minimum absolute atomic E-state index is 0.0406. The average molecular weight is 255 g/mol. The number of nitrogens with one attached hydrogen (secondary N) is 1. The Bertz CT molecular complexity index is 437. The van der Waals surface area contributed by atoms with Crippen molar-refractivity contribution < 1.29 is 4.74 Å². The van der Waals surface area contributed by atoms with Gasteiger partial charge >= 0.3 is 0 Å². The smallest absolute Gasteiger partial charge is 0.148 e. The summed E-state index contributed by atoms with van der Waals surface area (Å²) < 4.78 is 5.30. The second kappa shape index (κ2) is 4.89. The summed E-state index contributed by atoms with van der Waals surface area (Å²) in [6.07, 6.45) is 2.80. The molecule has 0 spiro atoms.